The quantitative estimate of drug-likeness (QED) is 0.607. The van der Waals surface area contributed by atoms with Crippen LogP contribution in [0.5, 0.6) is 5.75 Å². The molecule has 1 fully saturated rings. The van der Waals surface area contributed by atoms with E-state index < -0.39 is 29.7 Å². The fraction of sp³-hybridized carbons (Fsp3) is 0.286. The van der Waals surface area contributed by atoms with Crippen LogP contribution in [0.4, 0.5) is 5.69 Å². The van der Waals surface area contributed by atoms with Gasteiger partial charge in [0.1, 0.15) is 17.7 Å². The van der Waals surface area contributed by atoms with E-state index in [0.29, 0.717) is 11.4 Å². The van der Waals surface area contributed by atoms with Gasteiger partial charge in [0.25, 0.3) is 5.91 Å². The molecule has 1 aromatic carbocycles. The minimum absolute atomic E-state index is 0.0816. The first-order valence-corrected chi connectivity index (χ1v) is 6.51. The third-order valence-corrected chi connectivity index (χ3v) is 3.65. The molecule has 0 unspecified atom stereocenters. The first-order valence-electron chi connectivity index (χ1n) is 6.51. The number of ether oxygens (including phenoxy) is 2. The highest BCUT2D eigenvalue weighted by atomic mass is 16.5. The molecule has 2 aliphatic heterocycles. The Labute approximate surface area is 125 Å². The van der Waals surface area contributed by atoms with Crippen LogP contribution in [0.25, 0.3) is 0 Å². The SMILES string of the molecule is COC(=O)C1=NN[C@@H]2C(=O)N(c3ccc(OC)cc3)C(=O)[C@H]12. The van der Waals surface area contributed by atoms with Crippen molar-refractivity contribution in [1.29, 1.82) is 0 Å². The Morgan fingerprint density at radius 3 is 2.45 bits per heavy atom. The predicted molar refractivity (Wildman–Crippen MR) is 75.4 cm³/mol. The van der Waals surface area contributed by atoms with Crippen LogP contribution in [0.15, 0.2) is 29.4 Å². The normalized spacial score (nSPS) is 23.0. The molecule has 1 saturated heterocycles. The number of benzene rings is 1. The number of anilines is 1. The maximum absolute atomic E-state index is 12.5. The molecule has 2 heterocycles. The average Bonchev–Trinajstić information content (AvgIpc) is 3.08. The predicted octanol–water partition coefficient (Wildman–Crippen LogP) is -0.315. The second-order valence-electron chi connectivity index (χ2n) is 4.78. The van der Waals surface area contributed by atoms with Crippen molar-refractivity contribution in [3.05, 3.63) is 24.3 Å². The standard InChI is InChI=1S/C14H13N3O5/c1-21-8-5-3-7(4-6-8)17-12(18)9-10(13(17)19)15-16-11(9)14(20)22-2/h3-6,9-10,15H,1-2H3/t9-,10-/m0/s1. The van der Waals surface area contributed by atoms with Gasteiger partial charge in [-0.05, 0) is 24.3 Å². The van der Waals surface area contributed by atoms with Gasteiger partial charge in [0.15, 0.2) is 5.71 Å². The first-order chi connectivity index (χ1) is 10.6. The first kappa shape index (κ1) is 14.1. The Morgan fingerprint density at radius 2 is 1.86 bits per heavy atom. The molecule has 0 aromatic heterocycles. The smallest absolute Gasteiger partial charge is 0.355 e. The highest BCUT2D eigenvalue weighted by molar-refractivity contribution is 6.46. The van der Waals surface area contributed by atoms with Crippen molar-refractivity contribution in [1.82, 2.24) is 5.43 Å². The second kappa shape index (κ2) is 5.14. The Balaban J connectivity index is 1.92. The van der Waals surface area contributed by atoms with Crippen molar-refractivity contribution >= 4 is 29.2 Å². The second-order valence-corrected chi connectivity index (χ2v) is 4.78. The Hall–Kier alpha value is -2.90. The van der Waals surface area contributed by atoms with Gasteiger partial charge in [-0.15, -0.1) is 0 Å². The summed E-state index contributed by atoms with van der Waals surface area (Å²) in [6.45, 7) is 0. The monoisotopic (exact) mass is 303 g/mol. The van der Waals surface area contributed by atoms with Crippen LogP contribution < -0.4 is 15.1 Å². The number of hydrogen-bond donors (Lipinski definition) is 1. The number of methoxy groups -OCH3 is 2. The van der Waals surface area contributed by atoms with Crippen LogP contribution in [0.1, 0.15) is 0 Å². The van der Waals surface area contributed by atoms with E-state index >= 15 is 0 Å². The van der Waals surface area contributed by atoms with Gasteiger partial charge < -0.3 is 9.47 Å². The molecule has 2 aliphatic rings. The molecule has 8 nitrogen and oxygen atoms in total. The summed E-state index contributed by atoms with van der Waals surface area (Å²) < 4.78 is 9.63. The molecule has 0 radical (unpaired) electrons. The molecule has 1 aromatic rings. The lowest BCUT2D eigenvalue weighted by molar-refractivity contribution is -0.133. The van der Waals surface area contributed by atoms with Crippen LogP contribution in [-0.4, -0.2) is 43.8 Å². The van der Waals surface area contributed by atoms with Crippen molar-refractivity contribution in [2.75, 3.05) is 19.1 Å². The van der Waals surface area contributed by atoms with Gasteiger partial charge in [0, 0.05) is 0 Å². The summed E-state index contributed by atoms with van der Waals surface area (Å²) in [5.74, 6) is -2.03. The maximum atomic E-state index is 12.5. The van der Waals surface area contributed by atoms with Crippen molar-refractivity contribution in [2.45, 2.75) is 6.04 Å². The van der Waals surface area contributed by atoms with E-state index in [1.807, 2.05) is 0 Å². The van der Waals surface area contributed by atoms with Crippen LogP contribution >= 0.6 is 0 Å². The number of esters is 1. The number of nitrogens with zero attached hydrogens (tertiary/aromatic N) is 2. The molecule has 114 valence electrons. The van der Waals surface area contributed by atoms with E-state index in [4.69, 9.17) is 4.74 Å². The number of hydrogen-bond acceptors (Lipinski definition) is 7. The Bertz CT molecular complexity index is 682. The van der Waals surface area contributed by atoms with Gasteiger partial charge in [0.2, 0.25) is 5.91 Å². The molecule has 0 saturated carbocycles. The summed E-state index contributed by atoms with van der Waals surface area (Å²) in [6, 6.07) is 5.62. The number of rotatable bonds is 3. The van der Waals surface area contributed by atoms with Crippen LogP contribution in [0.2, 0.25) is 0 Å². The van der Waals surface area contributed by atoms with Crippen LogP contribution in [0, 0.1) is 5.92 Å². The summed E-state index contributed by atoms with van der Waals surface area (Å²) in [5, 5.41) is 3.75. The molecular formula is C14H13N3O5. The van der Waals surface area contributed by atoms with E-state index in [1.165, 1.54) is 14.2 Å². The number of amides is 2. The third-order valence-electron chi connectivity index (χ3n) is 3.65. The van der Waals surface area contributed by atoms with Gasteiger partial charge in [-0.1, -0.05) is 0 Å². The number of imide groups is 1. The number of fused-ring (bicyclic) bond motifs is 1. The van der Waals surface area contributed by atoms with Gasteiger partial charge in [-0.25, -0.2) is 9.69 Å². The summed E-state index contributed by atoms with van der Waals surface area (Å²) >= 11 is 0. The average molecular weight is 303 g/mol. The molecule has 0 spiro atoms. The Morgan fingerprint density at radius 1 is 1.18 bits per heavy atom. The molecule has 1 N–H and O–H groups in total. The zero-order chi connectivity index (χ0) is 15.9. The van der Waals surface area contributed by atoms with Crippen molar-refractivity contribution in [2.24, 2.45) is 11.0 Å². The minimum atomic E-state index is -0.956. The number of carbonyl (C=O) groups excluding carboxylic acids is 3. The molecule has 3 rings (SSSR count). The van der Waals surface area contributed by atoms with E-state index in [0.717, 1.165) is 4.90 Å². The number of hydrazone groups is 1. The summed E-state index contributed by atoms with van der Waals surface area (Å²) in [4.78, 5) is 37.6. The van der Waals surface area contributed by atoms with Crippen molar-refractivity contribution in [3.8, 4) is 5.75 Å². The molecule has 2 atom stereocenters. The molecule has 8 heteroatoms. The fourth-order valence-electron chi connectivity index (χ4n) is 2.55. The number of nitrogens with one attached hydrogen (secondary N) is 1. The number of carbonyl (C=O) groups is 3. The van der Waals surface area contributed by atoms with Crippen molar-refractivity contribution < 1.29 is 23.9 Å². The topological polar surface area (TPSA) is 97.3 Å². The maximum Gasteiger partial charge on any atom is 0.355 e. The van der Waals surface area contributed by atoms with Gasteiger partial charge in [-0.3, -0.25) is 15.0 Å². The summed E-state index contributed by atoms with van der Waals surface area (Å²) in [6.07, 6.45) is 0. The van der Waals surface area contributed by atoms with Crippen LogP contribution in [0.3, 0.4) is 0 Å². The van der Waals surface area contributed by atoms with Gasteiger partial charge in [-0.2, -0.15) is 5.10 Å². The summed E-state index contributed by atoms with van der Waals surface area (Å²) in [5.41, 5.74) is 2.87. The van der Waals surface area contributed by atoms with E-state index in [2.05, 4.69) is 15.3 Å². The van der Waals surface area contributed by atoms with Gasteiger partial charge >= 0.3 is 5.97 Å². The zero-order valence-electron chi connectivity index (χ0n) is 11.9. The van der Waals surface area contributed by atoms with E-state index in [9.17, 15) is 14.4 Å². The Kier molecular flexibility index (Phi) is 3.28. The van der Waals surface area contributed by atoms with E-state index in [1.54, 1.807) is 24.3 Å². The lowest BCUT2D eigenvalue weighted by atomic mass is 9.99. The van der Waals surface area contributed by atoms with E-state index in [-0.39, 0.29) is 5.71 Å². The highest BCUT2D eigenvalue weighted by Crippen LogP contribution is 2.31. The molecule has 0 aliphatic carbocycles. The molecule has 0 bridgehead atoms. The minimum Gasteiger partial charge on any atom is -0.497 e. The van der Waals surface area contributed by atoms with Crippen LogP contribution in [-0.2, 0) is 19.1 Å². The largest absolute Gasteiger partial charge is 0.497 e. The third kappa shape index (κ3) is 1.92. The van der Waals surface area contributed by atoms with Gasteiger partial charge in [0.05, 0.1) is 19.9 Å². The lowest BCUT2D eigenvalue weighted by Crippen LogP contribution is -2.36. The van der Waals surface area contributed by atoms with Crippen molar-refractivity contribution in [3.63, 3.8) is 0 Å². The highest BCUT2D eigenvalue weighted by Gasteiger charge is 2.55. The molecule has 22 heavy (non-hydrogen) atoms. The molecular weight excluding hydrogens is 290 g/mol. The summed E-state index contributed by atoms with van der Waals surface area (Å²) in [7, 11) is 2.72. The fourth-order valence-corrected chi connectivity index (χ4v) is 2.55. The molecule has 2 amide bonds. The zero-order valence-corrected chi connectivity index (χ0v) is 11.9. The lowest BCUT2D eigenvalue weighted by Gasteiger charge is -2.15.